The van der Waals surface area contributed by atoms with Gasteiger partial charge in [-0.1, -0.05) is 13.0 Å². The molecule has 0 spiro atoms. The van der Waals surface area contributed by atoms with Gasteiger partial charge in [0, 0.05) is 18.0 Å². The first-order valence-corrected chi connectivity index (χ1v) is 8.20. The second-order valence-corrected chi connectivity index (χ2v) is 7.43. The third kappa shape index (κ3) is 3.31. The van der Waals surface area contributed by atoms with Gasteiger partial charge in [0.1, 0.15) is 0 Å². The van der Waals surface area contributed by atoms with E-state index in [-0.39, 0.29) is 6.04 Å². The van der Waals surface area contributed by atoms with Gasteiger partial charge in [0.05, 0.1) is 6.07 Å². The SMILES string of the molecule is CCC(C#N)S(=O)(=O)N(C)C(C)Cc1cccs1. The van der Waals surface area contributed by atoms with E-state index in [1.165, 1.54) is 4.31 Å². The average Bonchev–Trinajstić information content (AvgIpc) is 2.81. The maximum atomic E-state index is 12.2. The Morgan fingerprint density at radius 3 is 2.67 bits per heavy atom. The quantitative estimate of drug-likeness (QED) is 0.805. The first kappa shape index (κ1) is 15.2. The zero-order valence-electron chi connectivity index (χ0n) is 10.8. The molecule has 18 heavy (non-hydrogen) atoms. The Bertz CT molecular complexity index is 503. The number of nitrogens with zero attached hydrogens (tertiary/aromatic N) is 2. The molecule has 0 saturated heterocycles. The summed E-state index contributed by atoms with van der Waals surface area (Å²) >= 11 is 1.61. The number of hydrogen-bond acceptors (Lipinski definition) is 4. The molecule has 0 aliphatic heterocycles. The first-order valence-electron chi connectivity index (χ1n) is 5.82. The molecule has 0 aromatic carbocycles. The van der Waals surface area contributed by atoms with Crippen molar-refractivity contribution in [2.45, 2.75) is 38.0 Å². The van der Waals surface area contributed by atoms with Gasteiger partial charge in [0.25, 0.3) is 0 Å². The monoisotopic (exact) mass is 286 g/mol. The summed E-state index contributed by atoms with van der Waals surface area (Å²) in [5, 5.41) is 9.92. The van der Waals surface area contributed by atoms with Crippen LogP contribution in [0.5, 0.6) is 0 Å². The van der Waals surface area contributed by atoms with Crippen LogP contribution in [0.15, 0.2) is 17.5 Å². The normalized spacial score (nSPS) is 15.3. The lowest BCUT2D eigenvalue weighted by atomic mass is 10.2. The molecule has 0 amide bonds. The van der Waals surface area contributed by atoms with E-state index in [1.807, 2.05) is 30.5 Å². The van der Waals surface area contributed by atoms with Gasteiger partial charge >= 0.3 is 0 Å². The highest BCUT2D eigenvalue weighted by Crippen LogP contribution is 2.18. The lowest BCUT2D eigenvalue weighted by molar-refractivity contribution is 0.384. The van der Waals surface area contributed by atoms with Crippen molar-refractivity contribution in [2.75, 3.05) is 7.05 Å². The minimum Gasteiger partial charge on any atom is -0.211 e. The van der Waals surface area contributed by atoms with Crippen LogP contribution < -0.4 is 0 Å². The maximum absolute atomic E-state index is 12.2. The standard InChI is InChI=1S/C12H18N2O2S2/c1-4-12(9-13)18(15,16)14(3)10(2)8-11-6-5-7-17-11/h5-7,10,12H,4,8H2,1-3H3. The number of thiophene rings is 1. The van der Waals surface area contributed by atoms with Gasteiger partial charge in [-0.3, -0.25) is 0 Å². The maximum Gasteiger partial charge on any atom is 0.230 e. The van der Waals surface area contributed by atoms with Crippen LogP contribution in [-0.4, -0.2) is 31.1 Å². The van der Waals surface area contributed by atoms with Crippen LogP contribution in [0.2, 0.25) is 0 Å². The Hall–Kier alpha value is -0.900. The molecule has 0 fully saturated rings. The van der Waals surface area contributed by atoms with Crippen LogP contribution in [0.3, 0.4) is 0 Å². The van der Waals surface area contributed by atoms with E-state index in [0.29, 0.717) is 12.8 Å². The zero-order chi connectivity index (χ0) is 13.8. The van der Waals surface area contributed by atoms with Gasteiger partial charge in [0.2, 0.25) is 10.0 Å². The smallest absolute Gasteiger partial charge is 0.211 e. The van der Waals surface area contributed by atoms with E-state index in [2.05, 4.69) is 0 Å². The first-order chi connectivity index (χ1) is 8.43. The van der Waals surface area contributed by atoms with Crippen LogP contribution in [0.1, 0.15) is 25.1 Å². The number of rotatable bonds is 6. The fourth-order valence-electron chi connectivity index (χ4n) is 1.67. The van der Waals surface area contributed by atoms with Crippen LogP contribution in [-0.2, 0) is 16.4 Å². The minimum atomic E-state index is -3.53. The molecular formula is C12H18N2O2S2. The van der Waals surface area contributed by atoms with Crippen LogP contribution in [0.4, 0.5) is 0 Å². The van der Waals surface area contributed by atoms with Crippen molar-refractivity contribution >= 4 is 21.4 Å². The molecule has 0 aliphatic carbocycles. The summed E-state index contributed by atoms with van der Waals surface area (Å²) in [6.07, 6.45) is 0.990. The Kier molecular flexibility index (Phi) is 5.32. The number of nitriles is 1. The van der Waals surface area contributed by atoms with Gasteiger partial charge in [-0.05, 0) is 31.2 Å². The number of sulfonamides is 1. The predicted molar refractivity (Wildman–Crippen MR) is 73.9 cm³/mol. The lowest BCUT2D eigenvalue weighted by Crippen LogP contribution is -2.41. The Labute approximate surface area is 113 Å². The Morgan fingerprint density at radius 2 is 2.22 bits per heavy atom. The predicted octanol–water partition coefficient (Wildman–Crippen LogP) is 2.24. The third-order valence-electron chi connectivity index (χ3n) is 2.97. The highest BCUT2D eigenvalue weighted by atomic mass is 32.2. The minimum absolute atomic E-state index is 0.143. The molecule has 1 aromatic heterocycles. The van der Waals surface area contributed by atoms with Crippen molar-refractivity contribution in [1.29, 1.82) is 5.26 Å². The molecule has 0 bridgehead atoms. The molecule has 6 heteroatoms. The fraction of sp³-hybridized carbons (Fsp3) is 0.583. The molecule has 2 unspecified atom stereocenters. The molecule has 0 saturated carbocycles. The highest BCUT2D eigenvalue weighted by Gasteiger charge is 2.31. The molecule has 0 radical (unpaired) electrons. The summed E-state index contributed by atoms with van der Waals surface area (Å²) in [7, 11) is -1.98. The summed E-state index contributed by atoms with van der Waals surface area (Å²) in [5.74, 6) is 0. The zero-order valence-corrected chi connectivity index (χ0v) is 12.5. The summed E-state index contributed by atoms with van der Waals surface area (Å²) in [6.45, 7) is 3.57. The van der Waals surface area contributed by atoms with Gasteiger partial charge in [-0.15, -0.1) is 11.3 Å². The van der Waals surface area contributed by atoms with Crippen molar-refractivity contribution < 1.29 is 8.42 Å². The summed E-state index contributed by atoms with van der Waals surface area (Å²) in [4.78, 5) is 1.15. The van der Waals surface area contributed by atoms with Crippen LogP contribution >= 0.6 is 11.3 Å². The van der Waals surface area contributed by atoms with Gasteiger partial charge in [-0.25, -0.2) is 12.7 Å². The van der Waals surface area contributed by atoms with E-state index in [4.69, 9.17) is 5.26 Å². The van der Waals surface area contributed by atoms with Crippen LogP contribution in [0, 0.1) is 11.3 Å². The lowest BCUT2D eigenvalue weighted by Gasteiger charge is -2.25. The second kappa shape index (κ2) is 6.32. The number of hydrogen-bond donors (Lipinski definition) is 0. The van der Waals surface area contributed by atoms with E-state index in [9.17, 15) is 8.42 Å². The molecule has 2 atom stereocenters. The van der Waals surface area contributed by atoms with Gasteiger partial charge in [0.15, 0.2) is 5.25 Å². The fourth-order valence-corrected chi connectivity index (χ4v) is 4.03. The van der Waals surface area contributed by atoms with E-state index in [0.717, 1.165) is 4.88 Å². The van der Waals surface area contributed by atoms with Crippen molar-refractivity contribution in [2.24, 2.45) is 0 Å². The largest absolute Gasteiger partial charge is 0.230 e. The third-order valence-corrected chi connectivity index (χ3v) is 6.19. The second-order valence-electron chi connectivity index (χ2n) is 4.22. The molecule has 100 valence electrons. The molecule has 0 N–H and O–H groups in total. The Morgan fingerprint density at radius 1 is 1.56 bits per heavy atom. The van der Waals surface area contributed by atoms with Crippen molar-refractivity contribution in [3.05, 3.63) is 22.4 Å². The van der Waals surface area contributed by atoms with E-state index >= 15 is 0 Å². The molecule has 1 aromatic rings. The molecular weight excluding hydrogens is 268 g/mol. The summed E-state index contributed by atoms with van der Waals surface area (Å²) in [5.41, 5.74) is 0. The van der Waals surface area contributed by atoms with Crippen molar-refractivity contribution in [3.8, 4) is 6.07 Å². The topological polar surface area (TPSA) is 61.2 Å². The van der Waals surface area contributed by atoms with Gasteiger partial charge in [-0.2, -0.15) is 5.26 Å². The molecule has 4 nitrogen and oxygen atoms in total. The van der Waals surface area contributed by atoms with Crippen LogP contribution in [0.25, 0.3) is 0 Å². The van der Waals surface area contributed by atoms with Crippen molar-refractivity contribution in [3.63, 3.8) is 0 Å². The van der Waals surface area contributed by atoms with E-state index in [1.54, 1.807) is 25.3 Å². The van der Waals surface area contributed by atoms with E-state index < -0.39 is 15.3 Å². The molecule has 1 rings (SSSR count). The molecule has 0 aliphatic rings. The summed E-state index contributed by atoms with van der Waals surface area (Å²) < 4.78 is 25.7. The average molecular weight is 286 g/mol. The molecule has 1 heterocycles. The Balaban J connectivity index is 2.80. The number of likely N-dealkylation sites (N-methyl/N-ethyl adjacent to an activating group) is 1. The highest BCUT2D eigenvalue weighted by molar-refractivity contribution is 7.90. The summed E-state index contributed by atoms with van der Waals surface area (Å²) in [6, 6.07) is 5.66. The van der Waals surface area contributed by atoms with Crippen molar-refractivity contribution in [1.82, 2.24) is 4.31 Å². The van der Waals surface area contributed by atoms with Gasteiger partial charge < -0.3 is 0 Å².